The SMILES string of the molecule is Cc1ccc(NC(=O)[C@H]2[C@@H]3C=C[C@]4(O3)[C@@H]2C(=O)N(CCc2ccccc2)[C@@H]4C(=O)NC2CCCCC2)cc1C. The Morgan fingerprint density at radius 2 is 1.77 bits per heavy atom. The summed E-state index contributed by atoms with van der Waals surface area (Å²) in [5, 5.41) is 6.27. The van der Waals surface area contributed by atoms with Gasteiger partial charge in [-0.1, -0.05) is 67.8 Å². The number of ether oxygens (including phenoxy) is 1. The zero-order valence-corrected chi connectivity index (χ0v) is 22.7. The first-order valence-electron chi connectivity index (χ1n) is 14.3. The van der Waals surface area contributed by atoms with E-state index in [4.69, 9.17) is 4.74 Å². The van der Waals surface area contributed by atoms with Crippen molar-refractivity contribution >= 4 is 23.4 Å². The maximum Gasteiger partial charge on any atom is 0.246 e. The molecule has 5 atom stereocenters. The van der Waals surface area contributed by atoms with E-state index in [9.17, 15) is 14.4 Å². The van der Waals surface area contributed by atoms with Crippen LogP contribution >= 0.6 is 0 Å². The Kier molecular flexibility index (Phi) is 6.79. The van der Waals surface area contributed by atoms with Crippen molar-refractivity contribution in [2.45, 2.75) is 76.2 Å². The summed E-state index contributed by atoms with van der Waals surface area (Å²) in [6.45, 7) is 4.42. The smallest absolute Gasteiger partial charge is 0.246 e. The van der Waals surface area contributed by atoms with E-state index in [1.54, 1.807) is 4.90 Å². The van der Waals surface area contributed by atoms with Crippen molar-refractivity contribution in [1.29, 1.82) is 0 Å². The van der Waals surface area contributed by atoms with Crippen LogP contribution in [-0.4, -0.2) is 53.0 Å². The average Bonchev–Trinajstić information content (AvgIpc) is 3.58. The number of nitrogens with zero attached hydrogens (tertiary/aromatic N) is 1. The van der Waals surface area contributed by atoms with Crippen LogP contribution < -0.4 is 10.6 Å². The van der Waals surface area contributed by atoms with Crippen LogP contribution in [0.1, 0.15) is 48.8 Å². The number of likely N-dealkylation sites (tertiary alicyclic amines) is 1. The van der Waals surface area contributed by atoms with Crippen molar-refractivity contribution in [2.75, 3.05) is 11.9 Å². The van der Waals surface area contributed by atoms with Gasteiger partial charge in [0.1, 0.15) is 11.6 Å². The third-order valence-corrected chi connectivity index (χ3v) is 9.14. The molecule has 3 amide bonds. The van der Waals surface area contributed by atoms with Gasteiger partial charge in [0.05, 0.1) is 17.9 Å². The fourth-order valence-electron chi connectivity index (χ4n) is 6.97. The minimum atomic E-state index is -1.14. The third-order valence-electron chi connectivity index (χ3n) is 9.14. The molecule has 1 saturated carbocycles. The standard InChI is InChI=1S/C32H37N3O4/c1-20-13-14-24(19-21(20)2)34-29(36)26-25-15-17-32(39-25)27(26)31(38)35(18-16-22-9-5-3-6-10-22)28(32)30(37)33-23-11-7-4-8-12-23/h3,5-6,9-10,13-15,17,19,23,25-28H,4,7-8,11-12,16,18H2,1-2H3,(H,33,37)(H,34,36)/t25-,26-,27-,28+,32-/m0/s1. The van der Waals surface area contributed by atoms with Gasteiger partial charge < -0.3 is 20.3 Å². The Balaban J connectivity index is 1.29. The molecule has 204 valence electrons. The number of hydrogen-bond donors (Lipinski definition) is 2. The summed E-state index contributed by atoms with van der Waals surface area (Å²) in [5.41, 5.74) is 2.88. The van der Waals surface area contributed by atoms with Crippen molar-refractivity contribution in [3.05, 3.63) is 77.4 Å². The molecule has 7 nitrogen and oxygen atoms in total. The maximum atomic E-state index is 14.1. The van der Waals surface area contributed by atoms with E-state index in [0.717, 1.165) is 42.4 Å². The molecule has 2 bridgehead atoms. The zero-order valence-electron chi connectivity index (χ0n) is 22.7. The topological polar surface area (TPSA) is 87.7 Å². The summed E-state index contributed by atoms with van der Waals surface area (Å²) in [6.07, 6.45) is 9.12. The van der Waals surface area contributed by atoms with E-state index >= 15 is 0 Å². The number of fused-ring (bicyclic) bond motifs is 1. The Hall–Kier alpha value is -3.45. The summed E-state index contributed by atoms with van der Waals surface area (Å²) in [6, 6.07) is 15.1. The maximum absolute atomic E-state index is 14.1. The summed E-state index contributed by atoms with van der Waals surface area (Å²) >= 11 is 0. The molecule has 39 heavy (non-hydrogen) atoms. The number of rotatable bonds is 7. The largest absolute Gasteiger partial charge is 0.359 e. The first-order chi connectivity index (χ1) is 18.9. The average molecular weight is 528 g/mol. The van der Waals surface area contributed by atoms with Gasteiger partial charge in [0, 0.05) is 18.3 Å². The van der Waals surface area contributed by atoms with Gasteiger partial charge in [0.25, 0.3) is 0 Å². The van der Waals surface area contributed by atoms with E-state index in [1.807, 2.05) is 74.5 Å². The molecule has 4 aliphatic rings. The number of aryl methyl sites for hydroxylation is 2. The highest BCUT2D eigenvalue weighted by Gasteiger charge is 2.72. The second-order valence-electron chi connectivity index (χ2n) is 11.6. The lowest BCUT2D eigenvalue weighted by atomic mass is 9.74. The molecule has 3 heterocycles. The lowest BCUT2D eigenvalue weighted by molar-refractivity contribution is -0.141. The molecule has 2 aromatic rings. The molecule has 1 spiro atoms. The Bertz CT molecular complexity index is 1300. The van der Waals surface area contributed by atoms with Crippen LogP contribution in [0.2, 0.25) is 0 Å². The van der Waals surface area contributed by atoms with Crippen molar-refractivity contribution < 1.29 is 19.1 Å². The van der Waals surface area contributed by atoms with E-state index < -0.39 is 29.6 Å². The van der Waals surface area contributed by atoms with Crippen molar-refractivity contribution in [3.8, 4) is 0 Å². The molecule has 2 N–H and O–H groups in total. The molecule has 0 unspecified atom stereocenters. The monoisotopic (exact) mass is 527 g/mol. The van der Waals surface area contributed by atoms with Crippen LogP contribution in [0.25, 0.3) is 0 Å². The van der Waals surface area contributed by atoms with E-state index in [1.165, 1.54) is 6.42 Å². The molecule has 7 heteroatoms. The van der Waals surface area contributed by atoms with Gasteiger partial charge in [-0.3, -0.25) is 14.4 Å². The molecule has 2 saturated heterocycles. The lowest BCUT2D eigenvalue weighted by Crippen LogP contribution is -2.56. The summed E-state index contributed by atoms with van der Waals surface area (Å²) in [7, 11) is 0. The Labute approximate surface area is 230 Å². The van der Waals surface area contributed by atoms with Crippen LogP contribution in [0.3, 0.4) is 0 Å². The van der Waals surface area contributed by atoms with Gasteiger partial charge in [-0.15, -0.1) is 0 Å². The minimum Gasteiger partial charge on any atom is -0.359 e. The Morgan fingerprint density at radius 1 is 1.00 bits per heavy atom. The quantitative estimate of drug-likeness (QED) is 0.531. The van der Waals surface area contributed by atoms with Crippen LogP contribution in [0, 0.1) is 25.7 Å². The molecule has 6 rings (SSSR count). The van der Waals surface area contributed by atoms with Crippen LogP contribution in [-0.2, 0) is 25.5 Å². The molecule has 3 fully saturated rings. The van der Waals surface area contributed by atoms with Gasteiger partial charge >= 0.3 is 0 Å². The highest BCUT2D eigenvalue weighted by atomic mass is 16.5. The van der Waals surface area contributed by atoms with Crippen LogP contribution in [0.5, 0.6) is 0 Å². The summed E-state index contributed by atoms with van der Waals surface area (Å²) in [4.78, 5) is 43.4. The molecule has 0 aromatic heterocycles. The lowest BCUT2D eigenvalue weighted by Gasteiger charge is -2.34. The van der Waals surface area contributed by atoms with E-state index in [0.29, 0.717) is 18.7 Å². The molecule has 0 radical (unpaired) electrons. The number of anilines is 1. The highest BCUT2D eigenvalue weighted by molar-refractivity contribution is 6.02. The second kappa shape index (κ2) is 10.3. The zero-order chi connectivity index (χ0) is 27.1. The number of nitrogens with one attached hydrogen (secondary N) is 2. The van der Waals surface area contributed by atoms with Crippen molar-refractivity contribution in [2.24, 2.45) is 11.8 Å². The number of hydrogen-bond acceptors (Lipinski definition) is 4. The van der Waals surface area contributed by atoms with Gasteiger partial charge in [-0.25, -0.2) is 0 Å². The molecular formula is C32H37N3O4. The van der Waals surface area contributed by atoms with Gasteiger partial charge in [-0.2, -0.15) is 0 Å². The fraction of sp³-hybridized carbons (Fsp3) is 0.469. The molecule has 1 aliphatic carbocycles. The summed E-state index contributed by atoms with van der Waals surface area (Å²) in [5.74, 6) is -2.04. The first kappa shape index (κ1) is 25.8. The molecule has 2 aromatic carbocycles. The normalized spacial score (nSPS) is 29.5. The van der Waals surface area contributed by atoms with E-state index in [-0.39, 0.29) is 23.8 Å². The minimum absolute atomic E-state index is 0.110. The molecule has 3 aliphatic heterocycles. The fourth-order valence-corrected chi connectivity index (χ4v) is 6.97. The van der Waals surface area contributed by atoms with Crippen LogP contribution in [0.4, 0.5) is 5.69 Å². The number of amides is 3. The predicted octanol–water partition coefficient (Wildman–Crippen LogP) is 4.08. The number of carbonyl (C=O) groups is 3. The predicted molar refractivity (Wildman–Crippen MR) is 149 cm³/mol. The summed E-state index contributed by atoms with van der Waals surface area (Å²) < 4.78 is 6.48. The second-order valence-corrected chi connectivity index (χ2v) is 11.6. The van der Waals surface area contributed by atoms with Crippen LogP contribution in [0.15, 0.2) is 60.7 Å². The first-order valence-corrected chi connectivity index (χ1v) is 14.3. The Morgan fingerprint density at radius 3 is 2.51 bits per heavy atom. The van der Waals surface area contributed by atoms with Gasteiger partial charge in [0.15, 0.2) is 0 Å². The third kappa shape index (κ3) is 4.56. The highest BCUT2D eigenvalue weighted by Crippen LogP contribution is 2.55. The van der Waals surface area contributed by atoms with E-state index in [2.05, 4.69) is 10.6 Å². The van der Waals surface area contributed by atoms with Crippen molar-refractivity contribution in [3.63, 3.8) is 0 Å². The van der Waals surface area contributed by atoms with Crippen molar-refractivity contribution in [1.82, 2.24) is 10.2 Å². The number of carbonyl (C=O) groups excluding carboxylic acids is 3. The van der Waals surface area contributed by atoms with Gasteiger partial charge in [0.2, 0.25) is 17.7 Å². The number of benzene rings is 2. The molecular weight excluding hydrogens is 490 g/mol. The van der Waals surface area contributed by atoms with Gasteiger partial charge in [-0.05, 0) is 61.9 Å².